The topological polar surface area (TPSA) is 89.4 Å². The number of carbonyl (C=O) groups excluding carboxylic acids is 2. The molecule has 186 valence electrons. The van der Waals surface area contributed by atoms with E-state index in [2.05, 4.69) is 15.6 Å². The van der Waals surface area contributed by atoms with Gasteiger partial charge >= 0.3 is 0 Å². The predicted molar refractivity (Wildman–Crippen MR) is 140 cm³/mol. The number of rotatable bonds is 9. The highest BCUT2D eigenvalue weighted by molar-refractivity contribution is 6.30. The van der Waals surface area contributed by atoms with E-state index in [1.165, 1.54) is 0 Å². The van der Waals surface area contributed by atoms with Crippen LogP contribution in [0.2, 0.25) is 5.02 Å². The predicted octanol–water partition coefficient (Wildman–Crippen LogP) is 4.93. The molecule has 2 amide bonds. The molecule has 0 spiro atoms. The van der Waals surface area contributed by atoms with Gasteiger partial charge in [-0.3, -0.25) is 9.59 Å². The van der Waals surface area contributed by atoms with Crippen LogP contribution in [0.25, 0.3) is 11.0 Å². The lowest BCUT2D eigenvalue weighted by molar-refractivity contribution is -0.146. The second kappa shape index (κ2) is 10.8. The fourth-order valence-corrected chi connectivity index (χ4v) is 4.10. The van der Waals surface area contributed by atoms with E-state index < -0.39 is 5.54 Å². The van der Waals surface area contributed by atoms with Crippen molar-refractivity contribution in [2.45, 2.75) is 38.9 Å². The van der Waals surface area contributed by atoms with Gasteiger partial charge in [0.1, 0.15) is 23.3 Å². The Labute approximate surface area is 214 Å². The highest BCUT2D eigenvalue weighted by Gasteiger charge is 2.41. The molecule has 1 heterocycles. The molecule has 0 bridgehead atoms. The van der Waals surface area contributed by atoms with Crippen LogP contribution >= 0.6 is 11.6 Å². The fourth-order valence-electron chi connectivity index (χ4n) is 3.97. The third-order valence-electron chi connectivity index (χ3n) is 6.38. The van der Waals surface area contributed by atoms with Crippen molar-refractivity contribution in [1.82, 2.24) is 19.9 Å². The molecule has 4 aromatic rings. The van der Waals surface area contributed by atoms with E-state index in [0.717, 1.165) is 11.1 Å². The summed E-state index contributed by atoms with van der Waals surface area (Å²) in [5.74, 6) is 0.140. The summed E-state index contributed by atoms with van der Waals surface area (Å²) in [5.41, 5.74) is 1.77. The van der Waals surface area contributed by atoms with E-state index in [9.17, 15) is 9.59 Å². The van der Waals surface area contributed by atoms with Crippen LogP contribution in [0, 0.1) is 0 Å². The minimum atomic E-state index is -1.15. The first kappa shape index (κ1) is 25.2. The number of benzene rings is 3. The van der Waals surface area contributed by atoms with E-state index in [1.54, 1.807) is 60.0 Å². The summed E-state index contributed by atoms with van der Waals surface area (Å²) in [6, 6.07) is 21.8. The molecule has 1 N–H and O–H groups in total. The van der Waals surface area contributed by atoms with E-state index in [-0.39, 0.29) is 24.9 Å². The molecule has 0 aliphatic carbocycles. The molecule has 1 atom stereocenters. The minimum Gasteiger partial charge on any atom is -0.497 e. The Bertz CT molecular complexity index is 1350. The van der Waals surface area contributed by atoms with Crippen molar-refractivity contribution in [1.29, 1.82) is 0 Å². The molecule has 0 saturated heterocycles. The monoisotopic (exact) mass is 505 g/mol. The van der Waals surface area contributed by atoms with Crippen LogP contribution in [0.4, 0.5) is 5.69 Å². The number of aromatic nitrogens is 3. The fraction of sp³-hybridized carbons (Fsp3) is 0.259. The van der Waals surface area contributed by atoms with Crippen molar-refractivity contribution in [3.05, 3.63) is 83.4 Å². The highest BCUT2D eigenvalue weighted by atomic mass is 35.5. The molecule has 9 heteroatoms. The number of nitrogens with one attached hydrogen (secondary N) is 1. The van der Waals surface area contributed by atoms with E-state index in [4.69, 9.17) is 16.3 Å². The molecule has 4 rings (SSSR count). The van der Waals surface area contributed by atoms with Gasteiger partial charge in [0, 0.05) is 17.3 Å². The van der Waals surface area contributed by atoms with Gasteiger partial charge in [0.25, 0.3) is 0 Å². The number of nitrogens with zero attached hydrogens (tertiary/aromatic N) is 4. The Balaban J connectivity index is 1.65. The van der Waals surface area contributed by atoms with Crippen molar-refractivity contribution in [3.8, 4) is 5.75 Å². The maximum atomic E-state index is 13.8. The molecule has 0 radical (unpaired) electrons. The summed E-state index contributed by atoms with van der Waals surface area (Å²) in [6.07, 6.45) is 0.395. The molecule has 36 heavy (non-hydrogen) atoms. The Kier molecular flexibility index (Phi) is 7.55. The lowest BCUT2D eigenvalue weighted by Crippen LogP contribution is -2.57. The van der Waals surface area contributed by atoms with Crippen molar-refractivity contribution >= 4 is 40.1 Å². The largest absolute Gasteiger partial charge is 0.497 e. The number of amides is 2. The van der Waals surface area contributed by atoms with Crippen molar-refractivity contribution < 1.29 is 14.3 Å². The van der Waals surface area contributed by atoms with Crippen LogP contribution in [0.1, 0.15) is 25.8 Å². The maximum absolute atomic E-state index is 13.8. The molecule has 0 saturated carbocycles. The third-order valence-corrected chi connectivity index (χ3v) is 6.63. The van der Waals surface area contributed by atoms with Crippen LogP contribution in [-0.4, -0.2) is 44.4 Å². The minimum absolute atomic E-state index is 0.0560. The number of methoxy groups -OCH3 is 1. The molecule has 1 aromatic heterocycles. The zero-order valence-electron chi connectivity index (χ0n) is 20.4. The summed E-state index contributed by atoms with van der Waals surface area (Å²) in [7, 11) is 1.58. The molecule has 0 aliphatic rings. The van der Waals surface area contributed by atoms with Crippen LogP contribution < -0.4 is 10.1 Å². The van der Waals surface area contributed by atoms with Gasteiger partial charge in [0.2, 0.25) is 11.8 Å². The lowest BCUT2D eigenvalue weighted by atomic mass is 9.93. The second-order valence-corrected chi connectivity index (χ2v) is 9.09. The Morgan fingerprint density at radius 2 is 1.75 bits per heavy atom. The third kappa shape index (κ3) is 5.33. The first-order valence-electron chi connectivity index (χ1n) is 11.6. The highest BCUT2D eigenvalue weighted by Crippen LogP contribution is 2.27. The van der Waals surface area contributed by atoms with E-state index in [0.29, 0.717) is 28.4 Å². The standard InChI is InChI=1S/C27H28ClN5O3/c1-4-27(2,26(35)29-21-13-15-22(36-3)16-14-21)32(17-19-9-11-20(28)12-10-19)25(34)18-33-24-8-6-5-7-23(24)30-31-33/h5-16H,4,17-18H2,1-3H3,(H,29,35). The van der Waals surface area contributed by atoms with Gasteiger partial charge in [-0.1, -0.05) is 48.0 Å². The molecule has 0 aliphatic heterocycles. The van der Waals surface area contributed by atoms with Gasteiger partial charge in [0.15, 0.2) is 0 Å². The number of carbonyl (C=O) groups is 2. The summed E-state index contributed by atoms with van der Waals surface area (Å²) >= 11 is 6.07. The molecule has 0 fully saturated rings. The Morgan fingerprint density at radius 1 is 1.06 bits per heavy atom. The van der Waals surface area contributed by atoms with Crippen molar-refractivity contribution in [3.63, 3.8) is 0 Å². The average Bonchev–Trinajstić information content (AvgIpc) is 3.30. The van der Waals surface area contributed by atoms with Gasteiger partial charge in [-0.05, 0) is 67.4 Å². The number of hydrogen-bond donors (Lipinski definition) is 1. The number of para-hydroxylation sites is 1. The number of hydrogen-bond acceptors (Lipinski definition) is 5. The van der Waals surface area contributed by atoms with Crippen LogP contribution in [0.3, 0.4) is 0 Å². The van der Waals surface area contributed by atoms with Gasteiger partial charge < -0.3 is 15.0 Å². The smallest absolute Gasteiger partial charge is 0.250 e. The first-order chi connectivity index (χ1) is 17.3. The van der Waals surface area contributed by atoms with Crippen LogP contribution in [-0.2, 0) is 22.7 Å². The molecule has 3 aromatic carbocycles. The summed E-state index contributed by atoms with van der Waals surface area (Å²) < 4.78 is 6.76. The van der Waals surface area contributed by atoms with E-state index >= 15 is 0 Å². The number of halogens is 1. The van der Waals surface area contributed by atoms with Gasteiger partial charge in [-0.15, -0.1) is 5.10 Å². The first-order valence-corrected chi connectivity index (χ1v) is 12.0. The molecule has 1 unspecified atom stereocenters. The van der Waals surface area contributed by atoms with Gasteiger partial charge in [-0.2, -0.15) is 0 Å². The zero-order valence-corrected chi connectivity index (χ0v) is 21.2. The molecular formula is C27H28ClN5O3. The second-order valence-electron chi connectivity index (χ2n) is 8.65. The zero-order chi connectivity index (χ0) is 25.7. The molecule has 8 nitrogen and oxygen atoms in total. The van der Waals surface area contributed by atoms with E-state index in [1.807, 2.05) is 43.3 Å². The van der Waals surface area contributed by atoms with Gasteiger partial charge in [-0.25, -0.2) is 4.68 Å². The van der Waals surface area contributed by atoms with Gasteiger partial charge in [0.05, 0.1) is 12.6 Å². The van der Waals surface area contributed by atoms with Crippen molar-refractivity contribution in [2.75, 3.05) is 12.4 Å². The molecular weight excluding hydrogens is 478 g/mol. The lowest BCUT2D eigenvalue weighted by Gasteiger charge is -2.39. The van der Waals surface area contributed by atoms with Crippen LogP contribution in [0.15, 0.2) is 72.8 Å². The number of fused-ring (bicyclic) bond motifs is 1. The average molecular weight is 506 g/mol. The summed E-state index contributed by atoms with van der Waals surface area (Å²) in [6.45, 7) is 3.84. The summed E-state index contributed by atoms with van der Waals surface area (Å²) in [4.78, 5) is 29.0. The van der Waals surface area contributed by atoms with Crippen LogP contribution in [0.5, 0.6) is 5.75 Å². The normalized spacial score (nSPS) is 12.7. The maximum Gasteiger partial charge on any atom is 0.250 e. The number of anilines is 1. The van der Waals surface area contributed by atoms with Crippen molar-refractivity contribution in [2.24, 2.45) is 0 Å². The Morgan fingerprint density at radius 3 is 2.42 bits per heavy atom. The summed E-state index contributed by atoms with van der Waals surface area (Å²) in [5, 5.41) is 11.9. The SMILES string of the molecule is CCC(C)(C(=O)Nc1ccc(OC)cc1)N(Cc1ccc(Cl)cc1)C(=O)Cn1nnc2ccccc21. The quantitative estimate of drug-likeness (QED) is 0.348. The number of ether oxygens (including phenoxy) is 1. The Hall–Kier alpha value is -3.91.